The highest BCUT2D eigenvalue weighted by Gasteiger charge is 2.06. The van der Waals surface area contributed by atoms with Crippen molar-refractivity contribution in [1.29, 1.82) is 5.26 Å². The lowest BCUT2D eigenvalue weighted by Gasteiger charge is -2.08. The van der Waals surface area contributed by atoms with Crippen molar-refractivity contribution >= 4 is 17.4 Å². The summed E-state index contributed by atoms with van der Waals surface area (Å²) < 4.78 is 18.3. The van der Waals surface area contributed by atoms with Crippen molar-refractivity contribution in [2.45, 2.75) is 10.6 Å². The van der Waals surface area contributed by atoms with E-state index in [1.165, 1.54) is 31.0 Å². The van der Waals surface area contributed by atoms with Crippen LogP contribution in [-0.4, -0.2) is 7.11 Å². The van der Waals surface area contributed by atoms with Crippen LogP contribution in [0.25, 0.3) is 0 Å². The first-order chi connectivity index (χ1) is 9.63. The average Bonchev–Trinajstić information content (AvgIpc) is 2.47. The molecule has 0 aliphatic rings. The van der Waals surface area contributed by atoms with E-state index in [9.17, 15) is 4.39 Å². The number of hydrogen-bond donors (Lipinski definition) is 1. The first kappa shape index (κ1) is 14.2. The Morgan fingerprint density at radius 1 is 1.30 bits per heavy atom. The lowest BCUT2D eigenvalue weighted by Crippen LogP contribution is -1.92. The molecule has 0 aromatic heterocycles. The number of nitrogens with two attached hydrogens (primary N) is 1. The lowest BCUT2D eigenvalue weighted by molar-refractivity contribution is 0.413. The molecule has 2 aromatic carbocycles. The van der Waals surface area contributed by atoms with Gasteiger partial charge in [0.25, 0.3) is 0 Å². The van der Waals surface area contributed by atoms with Gasteiger partial charge >= 0.3 is 0 Å². The summed E-state index contributed by atoms with van der Waals surface area (Å²) >= 11 is 1.44. The van der Waals surface area contributed by atoms with E-state index in [4.69, 9.17) is 15.7 Å². The minimum atomic E-state index is -0.306. The van der Waals surface area contributed by atoms with Crippen molar-refractivity contribution in [2.24, 2.45) is 0 Å². The number of nitriles is 1. The van der Waals surface area contributed by atoms with Crippen LogP contribution in [0.5, 0.6) is 5.75 Å². The molecule has 0 radical (unpaired) electrons. The molecule has 0 aliphatic heterocycles. The Balaban J connectivity index is 2.15. The van der Waals surface area contributed by atoms with E-state index in [0.717, 1.165) is 5.56 Å². The summed E-state index contributed by atoms with van der Waals surface area (Å²) in [6.45, 7) is 0. The van der Waals surface area contributed by atoms with Crippen LogP contribution in [0.1, 0.15) is 11.1 Å². The summed E-state index contributed by atoms with van der Waals surface area (Å²) in [6, 6.07) is 11.7. The molecule has 0 spiro atoms. The number of nitrogen functional groups attached to an aromatic ring is 1. The molecule has 0 aliphatic carbocycles. The molecule has 3 nitrogen and oxygen atoms in total. The third-order valence-electron chi connectivity index (χ3n) is 2.76. The van der Waals surface area contributed by atoms with Gasteiger partial charge in [0.15, 0.2) is 0 Å². The molecule has 102 valence electrons. The highest BCUT2D eigenvalue weighted by molar-refractivity contribution is 7.98. The van der Waals surface area contributed by atoms with Crippen molar-refractivity contribution in [2.75, 3.05) is 12.8 Å². The first-order valence-electron chi connectivity index (χ1n) is 5.89. The number of anilines is 1. The fraction of sp³-hybridized carbons (Fsp3) is 0.133. The van der Waals surface area contributed by atoms with Gasteiger partial charge < -0.3 is 10.5 Å². The quantitative estimate of drug-likeness (QED) is 0.690. The van der Waals surface area contributed by atoms with Gasteiger partial charge in [0.2, 0.25) is 0 Å². The molecular weight excluding hydrogens is 275 g/mol. The zero-order valence-corrected chi connectivity index (χ0v) is 11.7. The van der Waals surface area contributed by atoms with Crippen LogP contribution < -0.4 is 10.5 Å². The Hall–Kier alpha value is -2.19. The highest BCUT2D eigenvalue weighted by Crippen LogP contribution is 2.30. The molecule has 5 heteroatoms. The third-order valence-corrected chi connectivity index (χ3v) is 3.90. The largest absolute Gasteiger partial charge is 0.495 e. The second kappa shape index (κ2) is 6.31. The maximum Gasteiger partial charge on any atom is 0.136 e. The molecule has 0 heterocycles. The molecule has 20 heavy (non-hydrogen) atoms. The van der Waals surface area contributed by atoms with Gasteiger partial charge in [-0.15, -0.1) is 11.8 Å². The number of rotatable bonds is 4. The number of thioether (sulfide) groups is 1. The molecule has 0 atom stereocenters. The van der Waals surface area contributed by atoms with E-state index in [1.54, 1.807) is 18.2 Å². The van der Waals surface area contributed by atoms with Crippen LogP contribution in [0.2, 0.25) is 0 Å². The van der Waals surface area contributed by atoms with Gasteiger partial charge in [-0.25, -0.2) is 4.39 Å². The fourth-order valence-electron chi connectivity index (χ4n) is 1.71. The highest BCUT2D eigenvalue weighted by atomic mass is 32.2. The average molecular weight is 288 g/mol. The van der Waals surface area contributed by atoms with Crippen LogP contribution in [0.3, 0.4) is 0 Å². The fourth-order valence-corrected chi connectivity index (χ4v) is 2.64. The van der Waals surface area contributed by atoms with Gasteiger partial charge in [0, 0.05) is 16.3 Å². The second-order valence-electron chi connectivity index (χ2n) is 4.12. The van der Waals surface area contributed by atoms with Crippen LogP contribution in [0.15, 0.2) is 41.3 Å². The van der Waals surface area contributed by atoms with E-state index in [2.05, 4.69) is 6.07 Å². The van der Waals surface area contributed by atoms with Crippen LogP contribution in [0.4, 0.5) is 10.1 Å². The molecule has 0 fully saturated rings. The number of nitrogens with zero attached hydrogens (tertiary/aromatic N) is 1. The summed E-state index contributed by atoms with van der Waals surface area (Å²) in [7, 11) is 1.53. The lowest BCUT2D eigenvalue weighted by atomic mass is 10.1. The summed E-state index contributed by atoms with van der Waals surface area (Å²) in [5, 5.41) is 8.92. The Bertz CT molecular complexity index is 667. The summed E-state index contributed by atoms with van der Waals surface area (Å²) in [5.41, 5.74) is 7.83. The smallest absolute Gasteiger partial charge is 0.136 e. The van der Waals surface area contributed by atoms with Crippen molar-refractivity contribution in [3.8, 4) is 11.8 Å². The molecule has 2 N–H and O–H groups in total. The maximum absolute atomic E-state index is 13.2. The van der Waals surface area contributed by atoms with Crippen LogP contribution in [0, 0.1) is 17.1 Å². The van der Waals surface area contributed by atoms with Crippen LogP contribution >= 0.6 is 11.8 Å². The Labute approximate surface area is 121 Å². The minimum Gasteiger partial charge on any atom is -0.495 e. The molecular formula is C15H13FN2OS. The standard InChI is InChI=1S/C15H13FN2OS/c1-19-14-6-10(2-3-11(14)8-17)9-20-15-7-12(16)4-5-13(15)18/h2-7H,9,18H2,1H3. The Morgan fingerprint density at radius 3 is 2.80 bits per heavy atom. The molecule has 0 amide bonds. The predicted octanol–water partition coefficient (Wildman–Crippen LogP) is 3.58. The summed E-state index contributed by atoms with van der Waals surface area (Å²) in [4.78, 5) is 0.702. The van der Waals surface area contributed by atoms with E-state index in [1.807, 2.05) is 6.07 Å². The Morgan fingerprint density at radius 2 is 2.10 bits per heavy atom. The zero-order chi connectivity index (χ0) is 14.5. The predicted molar refractivity (Wildman–Crippen MR) is 78.1 cm³/mol. The van der Waals surface area contributed by atoms with E-state index < -0.39 is 0 Å². The van der Waals surface area contributed by atoms with Gasteiger partial charge in [0.1, 0.15) is 17.6 Å². The van der Waals surface area contributed by atoms with Gasteiger partial charge in [0.05, 0.1) is 12.7 Å². The van der Waals surface area contributed by atoms with E-state index in [-0.39, 0.29) is 5.82 Å². The summed E-state index contributed by atoms with van der Waals surface area (Å²) in [6.07, 6.45) is 0. The SMILES string of the molecule is COc1cc(CSc2cc(F)ccc2N)ccc1C#N. The number of hydrogen-bond acceptors (Lipinski definition) is 4. The molecule has 0 saturated carbocycles. The zero-order valence-electron chi connectivity index (χ0n) is 10.9. The van der Waals surface area contributed by atoms with Gasteiger partial charge in [-0.05, 0) is 35.9 Å². The number of ether oxygens (including phenoxy) is 1. The van der Waals surface area contributed by atoms with Crippen molar-refractivity contribution < 1.29 is 9.13 Å². The molecule has 0 saturated heterocycles. The maximum atomic E-state index is 13.2. The van der Waals surface area contributed by atoms with Crippen molar-refractivity contribution in [3.05, 3.63) is 53.3 Å². The minimum absolute atomic E-state index is 0.306. The normalized spacial score (nSPS) is 10.1. The second-order valence-corrected chi connectivity index (χ2v) is 5.13. The topological polar surface area (TPSA) is 59.0 Å². The number of benzene rings is 2. The van der Waals surface area contributed by atoms with Crippen LogP contribution in [-0.2, 0) is 5.75 Å². The van der Waals surface area contributed by atoms with E-state index >= 15 is 0 Å². The summed E-state index contributed by atoms with van der Waals surface area (Å²) in [5.74, 6) is 0.854. The van der Waals surface area contributed by atoms with Crippen molar-refractivity contribution in [1.82, 2.24) is 0 Å². The van der Waals surface area contributed by atoms with Gasteiger partial charge in [-0.3, -0.25) is 0 Å². The number of methoxy groups -OCH3 is 1. The monoisotopic (exact) mass is 288 g/mol. The van der Waals surface area contributed by atoms with Crippen molar-refractivity contribution in [3.63, 3.8) is 0 Å². The Kier molecular flexibility index (Phi) is 4.49. The van der Waals surface area contributed by atoms with Gasteiger partial charge in [-0.1, -0.05) is 6.07 Å². The first-order valence-corrected chi connectivity index (χ1v) is 6.87. The molecule has 0 unspecified atom stereocenters. The van der Waals surface area contributed by atoms with Gasteiger partial charge in [-0.2, -0.15) is 5.26 Å². The number of halogens is 1. The molecule has 0 bridgehead atoms. The third kappa shape index (κ3) is 3.22. The molecule has 2 rings (SSSR count). The van der Waals surface area contributed by atoms with E-state index in [0.29, 0.717) is 27.6 Å². The molecule has 2 aromatic rings.